The summed E-state index contributed by atoms with van der Waals surface area (Å²) < 4.78 is 9.85. The second-order valence-electron chi connectivity index (χ2n) is 5.59. The lowest BCUT2D eigenvalue weighted by Gasteiger charge is -2.33. The van der Waals surface area contributed by atoms with E-state index in [1.165, 1.54) is 4.90 Å². The van der Waals surface area contributed by atoms with Crippen molar-refractivity contribution in [3.63, 3.8) is 0 Å². The van der Waals surface area contributed by atoms with Crippen LogP contribution >= 0.6 is 0 Å². The Morgan fingerprint density at radius 1 is 1.29 bits per heavy atom. The van der Waals surface area contributed by atoms with Crippen molar-refractivity contribution in [1.82, 2.24) is 15.1 Å². The maximum Gasteiger partial charge on any atom is 0.417 e. The van der Waals surface area contributed by atoms with E-state index in [1.807, 2.05) is 18.2 Å². The molecule has 1 N–H and O–H groups in total. The predicted octanol–water partition coefficient (Wildman–Crippen LogP) is 1.80. The summed E-state index contributed by atoms with van der Waals surface area (Å²) >= 11 is 0. The van der Waals surface area contributed by atoms with Crippen LogP contribution in [0, 0.1) is 5.92 Å². The molecule has 0 atom stereocenters. The molecule has 0 radical (unpaired) electrons. The average molecular weight is 335 g/mol. The number of nitrogens with one attached hydrogen (secondary N) is 1. The average Bonchev–Trinajstić information content (AvgIpc) is 2.86. The summed E-state index contributed by atoms with van der Waals surface area (Å²) in [6, 6.07) is 0. The Kier molecular flexibility index (Phi) is 6.87. The number of carbonyl (C=O) groups is 2. The molecule has 1 fully saturated rings. The number of rotatable bonds is 5. The van der Waals surface area contributed by atoms with Gasteiger partial charge in [0.25, 0.3) is 0 Å². The highest BCUT2D eigenvalue weighted by Gasteiger charge is 2.25. The van der Waals surface area contributed by atoms with Gasteiger partial charge in [0, 0.05) is 44.2 Å². The molecule has 2 heterocycles. The lowest BCUT2D eigenvalue weighted by molar-refractivity contribution is -0.127. The van der Waals surface area contributed by atoms with Crippen LogP contribution in [0.1, 0.15) is 19.8 Å². The topological polar surface area (TPSA) is 71.1 Å². The molecule has 0 bridgehead atoms. The van der Waals surface area contributed by atoms with Crippen molar-refractivity contribution in [3.8, 4) is 0 Å². The molecule has 7 nitrogen and oxygen atoms in total. The van der Waals surface area contributed by atoms with Gasteiger partial charge in [-0.2, -0.15) is 0 Å². The standard InChI is InChI=1S/C17H25N3O4/c1-3-24-17(22)20-9-4-5-15(8-12-20)19-10-6-14(7-11-19)16(21)18-13-23-2/h4-5,8-9,12,14H,3,6-7,10-11,13H2,1-2H3,(H,18,21). The monoisotopic (exact) mass is 335 g/mol. The predicted molar refractivity (Wildman–Crippen MR) is 89.5 cm³/mol. The van der Waals surface area contributed by atoms with Gasteiger partial charge in [0.1, 0.15) is 6.73 Å². The Bertz CT molecular complexity index is 534. The first-order valence-electron chi connectivity index (χ1n) is 8.19. The minimum atomic E-state index is -0.395. The van der Waals surface area contributed by atoms with Crippen molar-refractivity contribution in [3.05, 3.63) is 36.3 Å². The normalized spacial score (nSPS) is 18.2. The molecule has 2 rings (SSSR count). The van der Waals surface area contributed by atoms with Gasteiger partial charge in [0.05, 0.1) is 6.61 Å². The number of methoxy groups -OCH3 is 1. The van der Waals surface area contributed by atoms with E-state index in [0.717, 1.165) is 31.6 Å². The molecule has 0 aromatic carbocycles. The fourth-order valence-corrected chi connectivity index (χ4v) is 2.71. The van der Waals surface area contributed by atoms with Gasteiger partial charge >= 0.3 is 6.09 Å². The van der Waals surface area contributed by atoms with Crippen LogP contribution in [-0.2, 0) is 14.3 Å². The molecule has 0 spiro atoms. The van der Waals surface area contributed by atoms with Crippen molar-refractivity contribution in [2.45, 2.75) is 19.8 Å². The molecule has 2 amide bonds. The van der Waals surface area contributed by atoms with Crippen molar-refractivity contribution < 1.29 is 19.1 Å². The zero-order valence-corrected chi connectivity index (χ0v) is 14.2. The lowest BCUT2D eigenvalue weighted by atomic mass is 9.95. The number of amides is 2. The van der Waals surface area contributed by atoms with Crippen molar-refractivity contribution in [2.75, 3.05) is 33.5 Å². The summed E-state index contributed by atoms with van der Waals surface area (Å²) in [6.45, 7) is 3.97. The van der Waals surface area contributed by atoms with Crippen molar-refractivity contribution >= 4 is 12.0 Å². The number of allylic oxidation sites excluding steroid dienone is 3. The summed E-state index contributed by atoms with van der Waals surface area (Å²) in [5.41, 5.74) is 1.02. The van der Waals surface area contributed by atoms with E-state index >= 15 is 0 Å². The molecular weight excluding hydrogens is 310 g/mol. The number of ether oxygens (including phenoxy) is 2. The maximum atomic E-state index is 12.0. The molecule has 2 aliphatic heterocycles. The molecule has 0 saturated carbocycles. The molecule has 132 valence electrons. The van der Waals surface area contributed by atoms with E-state index in [4.69, 9.17) is 9.47 Å². The van der Waals surface area contributed by atoms with Gasteiger partial charge in [-0.3, -0.25) is 9.69 Å². The highest BCUT2D eigenvalue weighted by molar-refractivity contribution is 5.78. The molecular formula is C17H25N3O4. The Labute approximate surface area is 142 Å². The van der Waals surface area contributed by atoms with Crippen LogP contribution in [0.25, 0.3) is 0 Å². The molecule has 7 heteroatoms. The number of carbonyl (C=O) groups excluding carboxylic acids is 2. The van der Waals surface area contributed by atoms with Crippen LogP contribution < -0.4 is 5.32 Å². The number of hydrogen-bond acceptors (Lipinski definition) is 5. The van der Waals surface area contributed by atoms with Gasteiger partial charge in [0.2, 0.25) is 5.91 Å². The van der Waals surface area contributed by atoms with E-state index in [1.54, 1.807) is 26.4 Å². The fraction of sp³-hybridized carbons (Fsp3) is 0.529. The van der Waals surface area contributed by atoms with Crippen LogP contribution in [0.4, 0.5) is 4.79 Å². The molecule has 0 unspecified atom stereocenters. The molecule has 24 heavy (non-hydrogen) atoms. The lowest BCUT2D eigenvalue weighted by Crippen LogP contribution is -2.40. The van der Waals surface area contributed by atoms with Gasteiger partial charge in [-0.1, -0.05) is 0 Å². The summed E-state index contributed by atoms with van der Waals surface area (Å²) in [5.74, 6) is 0.0774. The van der Waals surface area contributed by atoms with Crippen molar-refractivity contribution in [1.29, 1.82) is 0 Å². The largest absolute Gasteiger partial charge is 0.449 e. The Morgan fingerprint density at radius 2 is 2.04 bits per heavy atom. The van der Waals surface area contributed by atoms with E-state index in [-0.39, 0.29) is 18.6 Å². The van der Waals surface area contributed by atoms with Crippen molar-refractivity contribution in [2.24, 2.45) is 5.92 Å². The zero-order valence-electron chi connectivity index (χ0n) is 14.2. The van der Waals surface area contributed by atoms with Gasteiger partial charge in [0.15, 0.2) is 0 Å². The van der Waals surface area contributed by atoms with E-state index in [0.29, 0.717) is 6.61 Å². The number of piperidine rings is 1. The molecule has 0 aliphatic carbocycles. The van der Waals surface area contributed by atoms with Crippen LogP contribution in [0.15, 0.2) is 36.3 Å². The summed E-state index contributed by atoms with van der Waals surface area (Å²) in [5, 5.41) is 2.76. The minimum absolute atomic E-state index is 0.0262. The van der Waals surface area contributed by atoms with Gasteiger partial charge in [-0.15, -0.1) is 0 Å². The summed E-state index contributed by atoms with van der Waals surface area (Å²) in [7, 11) is 1.56. The maximum absolute atomic E-state index is 12.0. The van der Waals surface area contributed by atoms with Crippen LogP contribution in [0.2, 0.25) is 0 Å². The van der Waals surface area contributed by atoms with Gasteiger partial charge in [-0.05, 0) is 38.0 Å². The number of hydrogen-bond donors (Lipinski definition) is 1. The third-order valence-corrected chi connectivity index (χ3v) is 4.02. The molecule has 0 aromatic heterocycles. The Morgan fingerprint density at radius 3 is 2.71 bits per heavy atom. The first-order valence-corrected chi connectivity index (χ1v) is 8.19. The Hall–Kier alpha value is -2.28. The zero-order chi connectivity index (χ0) is 17.4. The highest BCUT2D eigenvalue weighted by Crippen LogP contribution is 2.22. The number of nitrogens with zero attached hydrogens (tertiary/aromatic N) is 2. The van der Waals surface area contributed by atoms with E-state index < -0.39 is 6.09 Å². The second kappa shape index (κ2) is 9.12. The molecule has 2 aliphatic rings. The van der Waals surface area contributed by atoms with Crippen LogP contribution in [0.3, 0.4) is 0 Å². The highest BCUT2D eigenvalue weighted by atomic mass is 16.6. The minimum Gasteiger partial charge on any atom is -0.449 e. The van der Waals surface area contributed by atoms with Gasteiger partial charge < -0.3 is 19.7 Å². The fourth-order valence-electron chi connectivity index (χ4n) is 2.71. The third-order valence-electron chi connectivity index (χ3n) is 4.02. The van der Waals surface area contributed by atoms with E-state index in [9.17, 15) is 9.59 Å². The van der Waals surface area contributed by atoms with Gasteiger partial charge in [-0.25, -0.2) is 4.79 Å². The Balaban J connectivity index is 1.87. The SMILES string of the molecule is CCOC(=O)N1C=CC=C(N2CCC(C(=O)NCOC)CC2)C=C1. The van der Waals surface area contributed by atoms with E-state index in [2.05, 4.69) is 10.2 Å². The summed E-state index contributed by atoms with van der Waals surface area (Å²) in [4.78, 5) is 27.3. The first-order chi connectivity index (χ1) is 11.7. The third kappa shape index (κ3) is 4.86. The summed E-state index contributed by atoms with van der Waals surface area (Å²) in [6.07, 6.45) is 10.2. The molecule has 1 saturated heterocycles. The first kappa shape index (κ1) is 18.1. The molecule has 0 aromatic rings. The second-order valence-corrected chi connectivity index (χ2v) is 5.59. The van der Waals surface area contributed by atoms with Crippen LogP contribution in [0.5, 0.6) is 0 Å². The quantitative estimate of drug-likeness (QED) is 0.776. The number of likely N-dealkylation sites (tertiary alicyclic amines) is 1. The van der Waals surface area contributed by atoms with Crippen LogP contribution in [-0.4, -0.2) is 55.3 Å². The smallest absolute Gasteiger partial charge is 0.417 e.